The minimum Gasteiger partial charge on any atom is -0.341 e. The predicted molar refractivity (Wildman–Crippen MR) is 128 cm³/mol. The van der Waals surface area contributed by atoms with Gasteiger partial charge in [-0.3, -0.25) is 14.8 Å². The molecule has 3 N–H and O–H groups in total. The first-order chi connectivity index (χ1) is 15.7. The van der Waals surface area contributed by atoms with E-state index in [2.05, 4.69) is 63.8 Å². The van der Waals surface area contributed by atoms with E-state index in [0.717, 1.165) is 38.7 Å². The molecule has 0 aliphatic carbocycles. The van der Waals surface area contributed by atoms with Gasteiger partial charge in [0.25, 0.3) is 5.56 Å². The maximum Gasteiger partial charge on any atom is 0.327 e. The fourth-order valence-corrected chi connectivity index (χ4v) is 4.70. The van der Waals surface area contributed by atoms with E-state index in [0.29, 0.717) is 11.4 Å². The third-order valence-electron chi connectivity index (χ3n) is 6.14. The Labute approximate surface area is 183 Å². The lowest BCUT2D eigenvalue weighted by Gasteiger charge is -2.29. The molecule has 1 aromatic heterocycles. The second-order valence-corrected chi connectivity index (χ2v) is 7.99. The molecule has 0 radical (unpaired) electrons. The first-order valence-corrected chi connectivity index (χ1v) is 10.5. The van der Waals surface area contributed by atoms with Crippen LogP contribution in [0.4, 0.5) is 11.5 Å². The molecule has 0 bridgehead atoms. The molecule has 6 rings (SSSR count). The van der Waals surface area contributed by atoms with E-state index < -0.39 is 5.69 Å². The smallest absolute Gasteiger partial charge is 0.327 e. The molecular formula is C27H19N3O2. The van der Waals surface area contributed by atoms with E-state index in [9.17, 15) is 9.59 Å². The first kappa shape index (κ1) is 18.4. The number of aromatic nitrogens is 2. The van der Waals surface area contributed by atoms with Gasteiger partial charge in [0, 0.05) is 11.6 Å². The lowest BCUT2D eigenvalue weighted by Crippen LogP contribution is -2.31. The van der Waals surface area contributed by atoms with Crippen LogP contribution in [0.25, 0.3) is 21.9 Å². The number of benzene rings is 4. The van der Waals surface area contributed by atoms with Crippen molar-refractivity contribution in [3.63, 3.8) is 0 Å². The average molecular weight is 417 g/mol. The Morgan fingerprint density at radius 1 is 0.625 bits per heavy atom. The molecule has 1 aliphatic rings. The van der Waals surface area contributed by atoms with Crippen LogP contribution in [0.1, 0.15) is 22.6 Å². The molecule has 1 unspecified atom stereocenters. The number of H-pyrrole nitrogens is 2. The zero-order valence-electron chi connectivity index (χ0n) is 17.1. The van der Waals surface area contributed by atoms with Gasteiger partial charge >= 0.3 is 5.69 Å². The van der Waals surface area contributed by atoms with Gasteiger partial charge in [-0.2, -0.15) is 0 Å². The molecular weight excluding hydrogens is 398 g/mol. The van der Waals surface area contributed by atoms with Crippen molar-refractivity contribution in [3.05, 3.63) is 129 Å². The highest BCUT2D eigenvalue weighted by molar-refractivity contribution is 5.94. The topological polar surface area (TPSA) is 77.8 Å². The van der Waals surface area contributed by atoms with Crippen molar-refractivity contribution in [2.45, 2.75) is 5.92 Å². The van der Waals surface area contributed by atoms with Gasteiger partial charge in [-0.1, -0.05) is 84.9 Å². The van der Waals surface area contributed by atoms with E-state index in [1.165, 1.54) is 0 Å². The Morgan fingerprint density at radius 3 is 2.16 bits per heavy atom. The summed E-state index contributed by atoms with van der Waals surface area (Å²) in [4.78, 5) is 30.1. The summed E-state index contributed by atoms with van der Waals surface area (Å²) >= 11 is 0. The number of anilines is 2. The van der Waals surface area contributed by atoms with Crippen molar-refractivity contribution in [3.8, 4) is 11.1 Å². The van der Waals surface area contributed by atoms with Crippen LogP contribution in [0.2, 0.25) is 0 Å². The van der Waals surface area contributed by atoms with Crippen LogP contribution in [-0.2, 0) is 0 Å². The van der Waals surface area contributed by atoms with Crippen LogP contribution >= 0.6 is 0 Å². The molecule has 0 fully saturated rings. The van der Waals surface area contributed by atoms with Gasteiger partial charge in [-0.05, 0) is 39.1 Å². The van der Waals surface area contributed by atoms with Crippen molar-refractivity contribution in [2.75, 3.05) is 5.32 Å². The van der Waals surface area contributed by atoms with Crippen molar-refractivity contribution < 1.29 is 0 Å². The first-order valence-electron chi connectivity index (χ1n) is 10.5. The molecule has 5 heteroatoms. The third-order valence-corrected chi connectivity index (χ3v) is 6.14. The Balaban J connectivity index is 1.61. The third kappa shape index (κ3) is 2.87. The second-order valence-electron chi connectivity index (χ2n) is 7.99. The van der Waals surface area contributed by atoms with E-state index in [-0.39, 0.29) is 11.5 Å². The molecule has 0 spiro atoms. The van der Waals surface area contributed by atoms with Crippen LogP contribution in [0.3, 0.4) is 0 Å². The maximum atomic E-state index is 13.0. The SMILES string of the molecule is O=c1[nH]c2c(c(=O)[nH]1)C(c1ccc(-c3ccccc3)cc1)c1c(ccc3ccccc13)N2. The highest BCUT2D eigenvalue weighted by Crippen LogP contribution is 2.45. The lowest BCUT2D eigenvalue weighted by molar-refractivity contribution is 0.893. The van der Waals surface area contributed by atoms with E-state index >= 15 is 0 Å². The molecule has 5 aromatic rings. The normalized spacial score (nSPS) is 14.4. The number of fused-ring (bicyclic) bond motifs is 4. The Hall–Kier alpha value is -4.38. The zero-order valence-corrected chi connectivity index (χ0v) is 17.1. The predicted octanol–water partition coefficient (Wildman–Crippen LogP) is 5.12. The summed E-state index contributed by atoms with van der Waals surface area (Å²) in [6, 6.07) is 30.7. The summed E-state index contributed by atoms with van der Waals surface area (Å²) in [5.41, 5.74) is 4.75. The largest absolute Gasteiger partial charge is 0.341 e. The van der Waals surface area contributed by atoms with E-state index in [1.807, 2.05) is 42.5 Å². The van der Waals surface area contributed by atoms with E-state index in [4.69, 9.17) is 0 Å². The fraction of sp³-hybridized carbons (Fsp3) is 0.0370. The van der Waals surface area contributed by atoms with Gasteiger partial charge < -0.3 is 5.32 Å². The highest BCUT2D eigenvalue weighted by atomic mass is 16.2. The summed E-state index contributed by atoms with van der Waals surface area (Å²) in [7, 11) is 0. The zero-order chi connectivity index (χ0) is 21.7. The van der Waals surface area contributed by atoms with Crippen LogP contribution in [0, 0.1) is 0 Å². The van der Waals surface area contributed by atoms with Crippen molar-refractivity contribution >= 4 is 22.3 Å². The number of nitrogens with one attached hydrogen (secondary N) is 3. The van der Waals surface area contributed by atoms with Crippen LogP contribution in [0.5, 0.6) is 0 Å². The van der Waals surface area contributed by atoms with E-state index in [1.54, 1.807) is 0 Å². The van der Waals surface area contributed by atoms with Gasteiger partial charge in [-0.15, -0.1) is 0 Å². The van der Waals surface area contributed by atoms with Gasteiger partial charge in [0.1, 0.15) is 5.82 Å². The van der Waals surface area contributed by atoms with Gasteiger partial charge in [0.2, 0.25) is 0 Å². The summed E-state index contributed by atoms with van der Waals surface area (Å²) in [5, 5.41) is 5.45. The molecule has 5 nitrogen and oxygen atoms in total. The average Bonchev–Trinajstić information content (AvgIpc) is 2.83. The Kier molecular flexibility index (Phi) is 4.08. The van der Waals surface area contributed by atoms with Gasteiger partial charge in [0.15, 0.2) is 0 Å². The van der Waals surface area contributed by atoms with Crippen LogP contribution in [0.15, 0.2) is 101 Å². The molecule has 1 aliphatic heterocycles. The summed E-state index contributed by atoms with van der Waals surface area (Å²) in [5.74, 6) is 0.122. The van der Waals surface area contributed by atoms with Crippen molar-refractivity contribution in [1.82, 2.24) is 9.97 Å². The monoisotopic (exact) mass is 417 g/mol. The quantitative estimate of drug-likeness (QED) is 0.366. The minimum absolute atomic E-state index is 0.322. The standard InChI is InChI=1S/C27H19N3O2/c31-26-24-22(19-12-10-17(11-13-19)16-6-2-1-3-7-16)23-20-9-5-4-8-18(20)14-15-21(23)28-25(24)29-27(32)30-26/h1-15,22H,(H3,28,29,30,31,32). The molecule has 1 atom stereocenters. The molecule has 0 amide bonds. The van der Waals surface area contributed by atoms with Gasteiger partial charge in [-0.25, -0.2) is 4.79 Å². The van der Waals surface area contributed by atoms with Crippen LogP contribution in [-0.4, -0.2) is 9.97 Å². The maximum absolute atomic E-state index is 13.0. The molecule has 0 saturated heterocycles. The van der Waals surface area contributed by atoms with Crippen molar-refractivity contribution in [2.24, 2.45) is 0 Å². The summed E-state index contributed by atoms with van der Waals surface area (Å²) in [6.07, 6.45) is 0. The fourth-order valence-electron chi connectivity index (χ4n) is 4.70. The number of aromatic amines is 2. The molecule has 32 heavy (non-hydrogen) atoms. The number of rotatable bonds is 2. The number of hydrogen-bond donors (Lipinski definition) is 3. The molecule has 154 valence electrons. The van der Waals surface area contributed by atoms with Crippen molar-refractivity contribution in [1.29, 1.82) is 0 Å². The highest BCUT2D eigenvalue weighted by Gasteiger charge is 2.32. The van der Waals surface area contributed by atoms with Crippen LogP contribution < -0.4 is 16.6 Å². The molecule has 0 saturated carbocycles. The Bertz CT molecular complexity index is 1580. The molecule has 4 aromatic carbocycles. The number of hydrogen-bond acceptors (Lipinski definition) is 3. The summed E-state index contributed by atoms with van der Waals surface area (Å²) < 4.78 is 0. The molecule has 2 heterocycles. The minimum atomic E-state index is -0.524. The van der Waals surface area contributed by atoms with Gasteiger partial charge in [0.05, 0.1) is 5.56 Å². The second kappa shape index (κ2) is 7.10. The summed E-state index contributed by atoms with van der Waals surface area (Å²) in [6.45, 7) is 0. The lowest BCUT2D eigenvalue weighted by atomic mass is 9.80. The Morgan fingerprint density at radius 2 is 1.34 bits per heavy atom.